The number of halogens is 1. The van der Waals surface area contributed by atoms with Gasteiger partial charge in [-0.2, -0.15) is 0 Å². The highest BCUT2D eigenvalue weighted by molar-refractivity contribution is 9.10. The molecule has 0 spiro atoms. The van der Waals surface area contributed by atoms with Crippen molar-refractivity contribution in [2.24, 2.45) is 0 Å². The lowest BCUT2D eigenvalue weighted by Gasteiger charge is -2.18. The summed E-state index contributed by atoms with van der Waals surface area (Å²) in [5.74, 6) is -2.11. The minimum atomic E-state index is -1.39. The number of nitrogens with one attached hydrogen (secondary N) is 2. The quantitative estimate of drug-likeness (QED) is 0.256. The number of hydrogen-bond donors (Lipinski definition) is 2. The van der Waals surface area contributed by atoms with E-state index in [9.17, 15) is 24.5 Å². The van der Waals surface area contributed by atoms with Gasteiger partial charge in [-0.05, 0) is 42.8 Å². The Morgan fingerprint density at radius 1 is 1.03 bits per heavy atom. The number of carbonyl (C=O) groups is 3. The molecular weight excluding hydrogens is 506 g/mol. The van der Waals surface area contributed by atoms with E-state index in [0.29, 0.717) is 16.7 Å². The summed E-state index contributed by atoms with van der Waals surface area (Å²) in [5, 5.41) is 16.3. The van der Waals surface area contributed by atoms with Crippen LogP contribution in [0.2, 0.25) is 0 Å². The number of nitro benzene ring substituents is 1. The van der Waals surface area contributed by atoms with Crippen molar-refractivity contribution < 1.29 is 24.0 Å². The summed E-state index contributed by atoms with van der Waals surface area (Å²) < 4.78 is 6.16. The van der Waals surface area contributed by atoms with Crippen molar-refractivity contribution in [2.45, 2.75) is 13.0 Å². The highest BCUT2D eigenvalue weighted by Gasteiger charge is 2.27. The number of nitrogens with zero attached hydrogens (tertiary/aromatic N) is 1. The Kier molecular flexibility index (Phi) is 8.10. The number of amides is 2. The predicted octanol–water partition coefficient (Wildman–Crippen LogP) is 4.32. The molecule has 0 aliphatic rings. The predicted molar refractivity (Wildman–Crippen MR) is 128 cm³/mol. The van der Waals surface area contributed by atoms with Gasteiger partial charge in [0.05, 0.1) is 4.92 Å². The number of ether oxygens (including phenoxy) is 1. The van der Waals surface area contributed by atoms with Gasteiger partial charge in [0, 0.05) is 21.7 Å². The Bertz CT molecular complexity index is 1220. The van der Waals surface area contributed by atoms with Crippen molar-refractivity contribution in [1.29, 1.82) is 0 Å². The first-order valence-corrected chi connectivity index (χ1v) is 10.9. The summed E-state index contributed by atoms with van der Waals surface area (Å²) in [7, 11) is 0. The van der Waals surface area contributed by atoms with Crippen LogP contribution in [0.3, 0.4) is 0 Å². The number of anilines is 1. The minimum absolute atomic E-state index is 0.0267. The Balaban J connectivity index is 1.73. The SMILES string of the molecule is Cc1ccc(NC(=O)C(OC(=O)CNC(=O)c2ccc(Br)cc2)c2ccccc2)c([N+](=O)[O-])c1. The van der Waals surface area contributed by atoms with E-state index >= 15 is 0 Å². The molecule has 0 aliphatic carbocycles. The van der Waals surface area contributed by atoms with E-state index in [2.05, 4.69) is 26.6 Å². The number of nitro groups is 1. The van der Waals surface area contributed by atoms with Crippen LogP contribution in [-0.2, 0) is 14.3 Å². The fourth-order valence-electron chi connectivity index (χ4n) is 3.03. The molecule has 3 rings (SSSR count). The van der Waals surface area contributed by atoms with Gasteiger partial charge < -0.3 is 15.4 Å². The van der Waals surface area contributed by atoms with E-state index in [1.807, 2.05) is 0 Å². The molecule has 0 saturated heterocycles. The standard InChI is InChI=1S/C24H20BrN3O6/c1-15-7-12-19(20(13-15)28(32)33)27-24(31)22(16-5-3-2-4-6-16)34-21(29)14-26-23(30)17-8-10-18(25)11-9-17/h2-13,22H,14H2,1H3,(H,26,30)(H,27,31). The van der Waals surface area contributed by atoms with E-state index in [0.717, 1.165) is 4.47 Å². The van der Waals surface area contributed by atoms with Crippen LogP contribution in [-0.4, -0.2) is 29.3 Å². The van der Waals surface area contributed by atoms with Crippen LogP contribution >= 0.6 is 15.9 Å². The molecule has 0 bridgehead atoms. The molecule has 2 N–H and O–H groups in total. The van der Waals surface area contributed by atoms with Gasteiger partial charge in [-0.15, -0.1) is 0 Å². The van der Waals surface area contributed by atoms with Gasteiger partial charge in [-0.25, -0.2) is 0 Å². The maximum absolute atomic E-state index is 13.0. The molecule has 3 aromatic rings. The lowest BCUT2D eigenvalue weighted by atomic mass is 10.1. The summed E-state index contributed by atoms with van der Waals surface area (Å²) in [5.41, 5.74) is 1.05. The zero-order chi connectivity index (χ0) is 24.7. The lowest BCUT2D eigenvalue weighted by molar-refractivity contribution is -0.384. The molecule has 0 aromatic heterocycles. The number of hydrogen-bond acceptors (Lipinski definition) is 6. The molecule has 34 heavy (non-hydrogen) atoms. The highest BCUT2D eigenvalue weighted by atomic mass is 79.9. The van der Waals surface area contributed by atoms with Gasteiger partial charge in [-0.1, -0.05) is 52.3 Å². The van der Waals surface area contributed by atoms with E-state index in [1.54, 1.807) is 67.6 Å². The van der Waals surface area contributed by atoms with Crippen LogP contribution in [0.1, 0.15) is 27.6 Å². The van der Waals surface area contributed by atoms with Crippen molar-refractivity contribution in [3.8, 4) is 0 Å². The number of esters is 1. The summed E-state index contributed by atoms with van der Waals surface area (Å²) >= 11 is 3.28. The normalized spacial score (nSPS) is 11.2. The van der Waals surface area contributed by atoms with Crippen LogP contribution < -0.4 is 10.6 Å². The van der Waals surface area contributed by atoms with Gasteiger partial charge in [0.1, 0.15) is 12.2 Å². The topological polar surface area (TPSA) is 128 Å². The van der Waals surface area contributed by atoms with Gasteiger partial charge in [0.2, 0.25) is 6.10 Å². The van der Waals surface area contributed by atoms with Crippen LogP contribution in [0.5, 0.6) is 0 Å². The second-order valence-electron chi connectivity index (χ2n) is 7.24. The molecule has 1 atom stereocenters. The smallest absolute Gasteiger partial charge is 0.326 e. The third kappa shape index (κ3) is 6.48. The monoisotopic (exact) mass is 525 g/mol. The van der Waals surface area contributed by atoms with E-state index < -0.39 is 35.4 Å². The minimum Gasteiger partial charge on any atom is -0.446 e. The molecule has 0 radical (unpaired) electrons. The number of carbonyl (C=O) groups excluding carboxylic acids is 3. The molecule has 10 heteroatoms. The Labute approximate surface area is 203 Å². The van der Waals surface area contributed by atoms with Gasteiger partial charge >= 0.3 is 5.97 Å². The largest absolute Gasteiger partial charge is 0.446 e. The average molecular weight is 526 g/mol. The Hall–Kier alpha value is -4.05. The number of benzene rings is 3. The number of aryl methyl sites for hydroxylation is 1. The second kappa shape index (κ2) is 11.2. The zero-order valence-corrected chi connectivity index (χ0v) is 19.6. The Morgan fingerprint density at radius 2 is 1.71 bits per heavy atom. The fourth-order valence-corrected chi connectivity index (χ4v) is 3.29. The highest BCUT2D eigenvalue weighted by Crippen LogP contribution is 2.27. The molecular formula is C24H20BrN3O6. The molecule has 0 saturated carbocycles. The molecule has 3 aromatic carbocycles. The van der Waals surface area contributed by atoms with Crippen LogP contribution in [0, 0.1) is 17.0 Å². The fraction of sp³-hybridized carbons (Fsp3) is 0.125. The average Bonchev–Trinajstić information content (AvgIpc) is 2.83. The van der Waals surface area contributed by atoms with Crippen molar-refractivity contribution in [3.05, 3.63) is 104 Å². The van der Waals surface area contributed by atoms with Gasteiger partial charge in [0.15, 0.2) is 0 Å². The molecule has 2 amide bonds. The summed E-state index contributed by atoms with van der Waals surface area (Å²) in [4.78, 5) is 48.5. The zero-order valence-electron chi connectivity index (χ0n) is 18.0. The van der Waals surface area contributed by atoms with Crippen LogP contribution in [0.4, 0.5) is 11.4 Å². The van der Waals surface area contributed by atoms with Crippen LogP contribution in [0.15, 0.2) is 77.3 Å². The summed E-state index contributed by atoms with van der Waals surface area (Å²) in [6.45, 7) is 1.21. The first-order valence-electron chi connectivity index (χ1n) is 10.1. The third-order valence-electron chi connectivity index (χ3n) is 4.70. The van der Waals surface area contributed by atoms with Crippen molar-refractivity contribution in [2.75, 3.05) is 11.9 Å². The maximum Gasteiger partial charge on any atom is 0.326 e. The molecule has 1 unspecified atom stereocenters. The maximum atomic E-state index is 13.0. The van der Waals surface area contributed by atoms with Gasteiger partial charge in [0.25, 0.3) is 17.5 Å². The molecule has 0 heterocycles. The van der Waals surface area contributed by atoms with Crippen molar-refractivity contribution in [3.63, 3.8) is 0 Å². The molecule has 174 valence electrons. The summed E-state index contributed by atoms with van der Waals surface area (Å²) in [6, 6.07) is 19.1. The first-order chi connectivity index (χ1) is 16.2. The van der Waals surface area contributed by atoms with E-state index in [1.165, 1.54) is 12.1 Å². The van der Waals surface area contributed by atoms with Crippen molar-refractivity contribution >= 4 is 45.1 Å². The van der Waals surface area contributed by atoms with E-state index in [-0.39, 0.29) is 11.4 Å². The number of rotatable bonds is 8. The first kappa shape index (κ1) is 24.6. The van der Waals surface area contributed by atoms with Crippen LogP contribution in [0.25, 0.3) is 0 Å². The Morgan fingerprint density at radius 3 is 2.35 bits per heavy atom. The van der Waals surface area contributed by atoms with E-state index in [4.69, 9.17) is 4.74 Å². The lowest BCUT2D eigenvalue weighted by Crippen LogP contribution is -2.33. The summed E-state index contributed by atoms with van der Waals surface area (Å²) in [6.07, 6.45) is -1.39. The molecule has 9 nitrogen and oxygen atoms in total. The molecule has 0 aliphatic heterocycles. The molecule has 0 fully saturated rings. The second-order valence-corrected chi connectivity index (χ2v) is 8.15. The van der Waals surface area contributed by atoms with Crippen molar-refractivity contribution in [1.82, 2.24) is 5.32 Å². The van der Waals surface area contributed by atoms with Gasteiger partial charge in [-0.3, -0.25) is 24.5 Å². The third-order valence-corrected chi connectivity index (χ3v) is 5.23.